The van der Waals surface area contributed by atoms with E-state index in [-0.39, 0.29) is 10.9 Å². The third-order valence-corrected chi connectivity index (χ3v) is 5.29. The molecular weight excluding hydrogens is 300 g/mol. The quantitative estimate of drug-likeness (QED) is 0.918. The Bertz CT molecular complexity index is 569. The molecule has 0 unspecified atom stereocenters. The van der Waals surface area contributed by atoms with Crippen molar-refractivity contribution in [2.75, 3.05) is 27.2 Å². The molecule has 112 valence electrons. The molecule has 1 heterocycles. The van der Waals surface area contributed by atoms with Gasteiger partial charge in [0.05, 0.1) is 17.0 Å². The van der Waals surface area contributed by atoms with E-state index in [1.807, 2.05) is 7.05 Å². The second-order valence-corrected chi connectivity index (χ2v) is 7.12. The molecule has 1 aliphatic heterocycles. The van der Waals surface area contributed by atoms with Gasteiger partial charge in [0.1, 0.15) is 5.75 Å². The number of rotatable bonds is 4. The first kappa shape index (κ1) is 15.6. The Labute approximate surface area is 124 Å². The smallest absolute Gasteiger partial charge is 0.240 e. The Hall–Kier alpha value is -0.820. The van der Waals surface area contributed by atoms with Crippen LogP contribution in [-0.4, -0.2) is 46.6 Å². The van der Waals surface area contributed by atoms with Crippen molar-refractivity contribution in [3.05, 3.63) is 23.2 Å². The predicted octanol–water partition coefficient (Wildman–Crippen LogP) is 1.72. The van der Waals surface area contributed by atoms with Gasteiger partial charge in [-0.15, -0.1) is 0 Å². The van der Waals surface area contributed by atoms with Gasteiger partial charge in [0.2, 0.25) is 10.0 Å². The number of hydrogen-bond acceptors (Lipinski definition) is 4. The summed E-state index contributed by atoms with van der Waals surface area (Å²) in [5, 5.41) is 0.291. The van der Waals surface area contributed by atoms with Gasteiger partial charge in [-0.1, -0.05) is 11.6 Å². The molecule has 0 radical (unpaired) electrons. The lowest BCUT2D eigenvalue weighted by Gasteiger charge is -2.29. The van der Waals surface area contributed by atoms with E-state index in [2.05, 4.69) is 9.62 Å². The Morgan fingerprint density at radius 2 is 2.00 bits per heavy atom. The molecule has 7 heteroatoms. The normalized spacial score (nSPS) is 18.1. The highest BCUT2D eigenvalue weighted by Crippen LogP contribution is 2.27. The number of likely N-dealkylation sites (tertiary alicyclic amines) is 1. The van der Waals surface area contributed by atoms with Crippen LogP contribution in [0.4, 0.5) is 0 Å². The molecule has 0 saturated carbocycles. The summed E-state index contributed by atoms with van der Waals surface area (Å²) in [5.41, 5.74) is 0. The van der Waals surface area contributed by atoms with Crippen molar-refractivity contribution < 1.29 is 13.2 Å². The average Bonchev–Trinajstić information content (AvgIpc) is 2.41. The molecule has 1 aromatic rings. The third-order valence-electron chi connectivity index (χ3n) is 3.47. The summed E-state index contributed by atoms with van der Waals surface area (Å²) < 4.78 is 32.4. The summed E-state index contributed by atoms with van der Waals surface area (Å²) >= 11 is 5.97. The molecule has 1 aliphatic rings. The second-order valence-electron chi connectivity index (χ2n) is 5.00. The first-order chi connectivity index (χ1) is 9.42. The van der Waals surface area contributed by atoms with Gasteiger partial charge in [-0.05, 0) is 51.2 Å². The van der Waals surface area contributed by atoms with E-state index < -0.39 is 10.0 Å². The number of sulfonamides is 1. The van der Waals surface area contributed by atoms with Crippen LogP contribution in [0.1, 0.15) is 12.8 Å². The van der Waals surface area contributed by atoms with E-state index >= 15 is 0 Å². The molecule has 0 aliphatic carbocycles. The van der Waals surface area contributed by atoms with Gasteiger partial charge < -0.3 is 9.64 Å². The summed E-state index contributed by atoms with van der Waals surface area (Å²) in [7, 11) is -0.00548. The van der Waals surface area contributed by atoms with Crippen LogP contribution in [0.2, 0.25) is 5.02 Å². The predicted molar refractivity (Wildman–Crippen MR) is 78.8 cm³/mol. The molecule has 0 spiro atoms. The zero-order chi connectivity index (χ0) is 14.8. The van der Waals surface area contributed by atoms with Crippen molar-refractivity contribution in [2.45, 2.75) is 23.8 Å². The Balaban J connectivity index is 2.12. The SMILES string of the molecule is COc1ccc(S(=O)(=O)NC2CCN(C)CC2)cc1Cl. The maximum absolute atomic E-state index is 12.3. The highest BCUT2D eigenvalue weighted by atomic mass is 35.5. The number of methoxy groups -OCH3 is 1. The van der Waals surface area contributed by atoms with Crippen molar-refractivity contribution in [1.29, 1.82) is 0 Å². The van der Waals surface area contributed by atoms with Gasteiger partial charge in [-0.3, -0.25) is 0 Å². The van der Waals surface area contributed by atoms with Crippen LogP contribution in [-0.2, 0) is 10.0 Å². The van der Waals surface area contributed by atoms with Crippen molar-refractivity contribution >= 4 is 21.6 Å². The first-order valence-electron chi connectivity index (χ1n) is 6.47. The van der Waals surface area contributed by atoms with E-state index in [1.165, 1.54) is 19.2 Å². The molecule has 1 saturated heterocycles. The monoisotopic (exact) mass is 318 g/mol. The van der Waals surface area contributed by atoms with Crippen LogP contribution in [0.5, 0.6) is 5.75 Å². The fraction of sp³-hybridized carbons (Fsp3) is 0.538. The summed E-state index contributed by atoms with van der Waals surface area (Å²) in [6.45, 7) is 1.80. The molecule has 1 N–H and O–H groups in total. The standard InChI is InChI=1S/C13H19ClN2O3S/c1-16-7-5-10(6-8-16)15-20(17,18)11-3-4-13(19-2)12(14)9-11/h3-4,9-10,15H,5-8H2,1-2H3. The number of halogens is 1. The lowest BCUT2D eigenvalue weighted by molar-refractivity contribution is 0.248. The van der Waals surface area contributed by atoms with Crippen molar-refractivity contribution in [3.8, 4) is 5.75 Å². The number of nitrogens with zero attached hydrogens (tertiary/aromatic N) is 1. The molecule has 2 rings (SSSR count). The minimum atomic E-state index is -3.53. The molecule has 5 nitrogen and oxygen atoms in total. The van der Waals surface area contributed by atoms with Crippen LogP contribution in [0.3, 0.4) is 0 Å². The number of ether oxygens (including phenoxy) is 1. The number of nitrogens with one attached hydrogen (secondary N) is 1. The van der Waals surface area contributed by atoms with Gasteiger partial charge in [0.25, 0.3) is 0 Å². The molecule has 0 atom stereocenters. The zero-order valence-corrected chi connectivity index (χ0v) is 13.2. The topological polar surface area (TPSA) is 58.6 Å². The molecule has 0 bridgehead atoms. The van der Waals surface area contributed by atoms with Crippen molar-refractivity contribution in [2.24, 2.45) is 0 Å². The first-order valence-corrected chi connectivity index (χ1v) is 8.33. The fourth-order valence-electron chi connectivity index (χ4n) is 2.23. The van der Waals surface area contributed by atoms with E-state index in [9.17, 15) is 8.42 Å². The number of piperidine rings is 1. The van der Waals surface area contributed by atoms with Crippen LogP contribution >= 0.6 is 11.6 Å². The van der Waals surface area contributed by atoms with E-state index in [0.717, 1.165) is 25.9 Å². The van der Waals surface area contributed by atoms with E-state index in [1.54, 1.807) is 6.07 Å². The highest BCUT2D eigenvalue weighted by Gasteiger charge is 2.23. The molecule has 0 aromatic heterocycles. The minimum Gasteiger partial charge on any atom is -0.495 e. The minimum absolute atomic E-state index is 0.0166. The van der Waals surface area contributed by atoms with Crippen LogP contribution in [0.15, 0.2) is 23.1 Å². The molecule has 1 fully saturated rings. The van der Waals surface area contributed by atoms with Crippen LogP contribution in [0, 0.1) is 0 Å². The van der Waals surface area contributed by atoms with Gasteiger partial charge >= 0.3 is 0 Å². The fourth-order valence-corrected chi connectivity index (χ4v) is 3.88. The maximum atomic E-state index is 12.3. The highest BCUT2D eigenvalue weighted by molar-refractivity contribution is 7.89. The van der Waals surface area contributed by atoms with Crippen molar-refractivity contribution in [1.82, 2.24) is 9.62 Å². The summed E-state index contributed by atoms with van der Waals surface area (Å²) in [6, 6.07) is 4.46. The van der Waals surface area contributed by atoms with Crippen LogP contribution in [0.25, 0.3) is 0 Å². The van der Waals surface area contributed by atoms with Crippen LogP contribution < -0.4 is 9.46 Å². The Morgan fingerprint density at radius 1 is 1.35 bits per heavy atom. The molecule has 0 amide bonds. The average molecular weight is 319 g/mol. The van der Waals surface area contributed by atoms with Gasteiger partial charge in [-0.25, -0.2) is 13.1 Å². The van der Waals surface area contributed by atoms with E-state index in [0.29, 0.717) is 10.8 Å². The van der Waals surface area contributed by atoms with Crippen molar-refractivity contribution in [3.63, 3.8) is 0 Å². The Kier molecular flexibility index (Phi) is 4.90. The third kappa shape index (κ3) is 3.63. The van der Waals surface area contributed by atoms with Gasteiger partial charge in [0.15, 0.2) is 0 Å². The summed E-state index contributed by atoms with van der Waals surface area (Å²) in [5.74, 6) is 0.463. The second kappa shape index (κ2) is 6.30. The molecule has 1 aromatic carbocycles. The molecular formula is C13H19ClN2O3S. The number of hydrogen-bond donors (Lipinski definition) is 1. The van der Waals surface area contributed by atoms with Gasteiger partial charge in [-0.2, -0.15) is 0 Å². The number of benzene rings is 1. The summed E-state index contributed by atoms with van der Waals surface area (Å²) in [4.78, 5) is 2.36. The largest absolute Gasteiger partial charge is 0.495 e. The lowest BCUT2D eigenvalue weighted by atomic mass is 10.1. The van der Waals surface area contributed by atoms with E-state index in [4.69, 9.17) is 16.3 Å². The lowest BCUT2D eigenvalue weighted by Crippen LogP contribution is -2.43. The maximum Gasteiger partial charge on any atom is 0.240 e. The van der Waals surface area contributed by atoms with Gasteiger partial charge in [0, 0.05) is 6.04 Å². The summed E-state index contributed by atoms with van der Waals surface area (Å²) in [6.07, 6.45) is 1.64. The zero-order valence-electron chi connectivity index (χ0n) is 11.6. The Morgan fingerprint density at radius 3 is 2.55 bits per heavy atom. The molecule has 20 heavy (non-hydrogen) atoms.